The molecule has 0 aliphatic rings. The minimum atomic E-state index is -0.798. The Morgan fingerprint density at radius 3 is 2.87 bits per heavy atom. The van der Waals surface area contributed by atoms with Crippen molar-refractivity contribution in [1.29, 1.82) is 0 Å². The summed E-state index contributed by atoms with van der Waals surface area (Å²) in [6.07, 6.45) is 2.17. The standard InChI is InChI=1S/C15H17N5O3/c1-22-9-3-4-12(23-2)10(5-9)11(21)6-16-14-13-15(18-7-17-13)20-8-19-14/h3-5,7-8,11,21H,6H2,1-2H3,(H2,16,17,18,19,20). The number of fused-ring (bicyclic) bond motifs is 1. The van der Waals surface area contributed by atoms with Gasteiger partial charge in [0.15, 0.2) is 11.5 Å². The first-order valence-electron chi connectivity index (χ1n) is 7.01. The van der Waals surface area contributed by atoms with E-state index in [4.69, 9.17) is 9.47 Å². The molecule has 0 aliphatic heterocycles. The van der Waals surface area contributed by atoms with Crippen LogP contribution >= 0.6 is 0 Å². The highest BCUT2D eigenvalue weighted by Gasteiger charge is 2.15. The van der Waals surface area contributed by atoms with Gasteiger partial charge in [0.1, 0.15) is 23.3 Å². The van der Waals surface area contributed by atoms with E-state index >= 15 is 0 Å². The number of ether oxygens (including phenoxy) is 2. The molecule has 2 heterocycles. The molecule has 8 heteroatoms. The lowest BCUT2D eigenvalue weighted by molar-refractivity contribution is 0.186. The Labute approximate surface area is 132 Å². The second kappa shape index (κ2) is 6.49. The summed E-state index contributed by atoms with van der Waals surface area (Å²) in [7, 11) is 3.14. The summed E-state index contributed by atoms with van der Waals surface area (Å²) in [5, 5.41) is 13.6. The van der Waals surface area contributed by atoms with E-state index in [2.05, 4.69) is 25.3 Å². The maximum atomic E-state index is 10.5. The quantitative estimate of drug-likeness (QED) is 0.633. The summed E-state index contributed by atoms with van der Waals surface area (Å²) in [4.78, 5) is 15.2. The molecular formula is C15H17N5O3. The maximum absolute atomic E-state index is 10.5. The zero-order chi connectivity index (χ0) is 16.2. The lowest BCUT2D eigenvalue weighted by atomic mass is 10.1. The van der Waals surface area contributed by atoms with Crippen molar-refractivity contribution in [3.05, 3.63) is 36.4 Å². The number of imidazole rings is 1. The number of aliphatic hydroxyl groups is 1. The Hall–Kier alpha value is -2.87. The van der Waals surface area contributed by atoms with Gasteiger partial charge in [-0.15, -0.1) is 0 Å². The molecule has 1 aromatic carbocycles. The zero-order valence-electron chi connectivity index (χ0n) is 12.8. The molecule has 120 valence electrons. The topological polar surface area (TPSA) is 105 Å². The molecule has 3 rings (SSSR count). The molecule has 3 N–H and O–H groups in total. The molecular weight excluding hydrogens is 298 g/mol. The van der Waals surface area contributed by atoms with E-state index in [1.54, 1.807) is 38.7 Å². The number of nitrogens with one attached hydrogen (secondary N) is 2. The fourth-order valence-electron chi connectivity index (χ4n) is 2.30. The Morgan fingerprint density at radius 1 is 1.22 bits per heavy atom. The van der Waals surface area contributed by atoms with E-state index in [1.807, 2.05) is 0 Å². The second-order valence-electron chi connectivity index (χ2n) is 4.83. The number of hydrogen-bond donors (Lipinski definition) is 3. The number of benzene rings is 1. The van der Waals surface area contributed by atoms with Crippen LogP contribution in [0.3, 0.4) is 0 Å². The van der Waals surface area contributed by atoms with Gasteiger partial charge in [-0.1, -0.05) is 0 Å². The van der Waals surface area contributed by atoms with Gasteiger partial charge in [0.2, 0.25) is 0 Å². The monoisotopic (exact) mass is 315 g/mol. The molecule has 0 spiro atoms. The van der Waals surface area contributed by atoms with E-state index in [0.29, 0.717) is 34.0 Å². The van der Waals surface area contributed by atoms with Gasteiger partial charge in [0.25, 0.3) is 0 Å². The maximum Gasteiger partial charge on any atom is 0.182 e. The zero-order valence-corrected chi connectivity index (χ0v) is 12.8. The third kappa shape index (κ3) is 3.02. The van der Waals surface area contributed by atoms with Crippen LogP contribution in [0.5, 0.6) is 11.5 Å². The summed E-state index contributed by atoms with van der Waals surface area (Å²) in [5.41, 5.74) is 1.89. The van der Waals surface area contributed by atoms with Crippen molar-refractivity contribution in [2.45, 2.75) is 6.10 Å². The number of aliphatic hydroxyl groups excluding tert-OH is 1. The van der Waals surface area contributed by atoms with Crippen molar-refractivity contribution in [2.75, 3.05) is 26.1 Å². The minimum absolute atomic E-state index is 0.245. The lowest BCUT2D eigenvalue weighted by Crippen LogP contribution is -2.14. The second-order valence-corrected chi connectivity index (χ2v) is 4.83. The van der Waals surface area contributed by atoms with Gasteiger partial charge in [-0.05, 0) is 18.2 Å². The first-order chi connectivity index (χ1) is 11.2. The molecule has 0 radical (unpaired) electrons. The lowest BCUT2D eigenvalue weighted by Gasteiger charge is -2.17. The highest BCUT2D eigenvalue weighted by Crippen LogP contribution is 2.29. The first kappa shape index (κ1) is 15.0. The van der Waals surface area contributed by atoms with Crippen LogP contribution in [0.1, 0.15) is 11.7 Å². The Bertz CT molecular complexity index is 805. The minimum Gasteiger partial charge on any atom is -0.497 e. The van der Waals surface area contributed by atoms with Gasteiger partial charge >= 0.3 is 0 Å². The van der Waals surface area contributed by atoms with E-state index in [1.165, 1.54) is 6.33 Å². The van der Waals surface area contributed by atoms with Crippen LogP contribution in [0.25, 0.3) is 11.2 Å². The van der Waals surface area contributed by atoms with Crippen LogP contribution in [0.2, 0.25) is 0 Å². The molecule has 0 amide bonds. The predicted molar refractivity (Wildman–Crippen MR) is 84.7 cm³/mol. The van der Waals surface area contributed by atoms with Crippen molar-refractivity contribution in [3.63, 3.8) is 0 Å². The van der Waals surface area contributed by atoms with Crippen LogP contribution in [0, 0.1) is 0 Å². The van der Waals surface area contributed by atoms with E-state index < -0.39 is 6.10 Å². The molecule has 0 bridgehead atoms. The fourth-order valence-corrected chi connectivity index (χ4v) is 2.30. The van der Waals surface area contributed by atoms with Crippen molar-refractivity contribution in [3.8, 4) is 11.5 Å². The molecule has 1 atom stereocenters. The van der Waals surface area contributed by atoms with Crippen molar-refractivity contribution >= 4 is 17.0 Å². The van der Waals surface area contributed by atoms with Gasteiger partial charge in [-0.2, -0.15) is 0 Å². The predicted octanol–water partition coefficient (Wildman–Crippen LogP) is 1.52. The molecule has 8 nitrogen and oxygen atoms in total. The van der Waals surface area contributed by atoms with Crippen LogP contribution in [-0.4, -0.2) is 45.8 Å². The van der Waals surface area contributed by atoms with Crippen LogP contribution in [-0.2, 0) is 0 Å². The van der Waals surface area contributed by atoms with Gasteiger partial charge in [0, 0.05) is 12.1 Å². The summed E-state index contributed by atoms with van der Waals surface area (Å²) >= 11 is 0. The van der Waals surface area contributed by atoms with Gasteiger partial charge < -0.3 is 24.9 Å². The number of methoxy groups -OCH3 is 2. The fraction of sp³-hybridized carbons (Fsp3) is 0.267. The highest BCUT2D eigenvalue weighted by molar-refractivity contribution is 5.81. The average molecular weight is 315 g/mol. The number of aromatic nitrogens is 4. The van der Waals surface area contributed by atoms with Crippen molar-refractivity contribution in [1.82, 2.24) is 19.9 Å². The Kier molecular flexibility index (Phi) is 4.24. The van der Waals surface area contributed by atoms with E-state index in [9.17, 15) is 5.11 Å². The molecule has 0 saturated heterocycles. The average Bonchev–Trinajstić information content (AvgIpc) is 3.08. The summed E-state index contributed by atoms with van der Waals surface area (Å²) < 4.78 is 10.5. The molecule has 23 heavy (non-hydrogen) atoms. The molecule has 1 unspecified atom stereocenters. The molecule has 0 saturated carbocycles. The van der Waals surface area contributed by atoms with E-state index in [-0.39, 0.29) is 6.54 Å². The van der Waals surface area contributed by atoms with Gasteiger partial charge in [-0.3, -0.25) is 0 Å². The molecule has 0 aliphatic carbocycles. The largest absolute Gasteiger partial charge is 0.497 e. The molecule has 3 aromatic rings. The highest BCUT2D eigenvalue weighted by atomic mass is 16.5. The summed E-state index contributed by atoms with van der Waals surface area (Å²) in [6, 6.07) is 5.28. The normalized spacial score (nSPS) is 12.1. The van der Waals surface area contributed by atoms with Crippen LogP contribution in [0.15, 0.2) is 30.9 Å². The SMILES string of the molecule is COc1ccc(OC)c(C(O)CNc2ncnc3nc[nH]c23)c1. The van der Waals surface area contributed by atoms with Gasteiger partial charge in [0.05, 0.1) is 26.7 Å². The van der Waals surface area contributed by atoms with Crippen molar-refractivity contribution < 1.29 is 14.6 Å². The third-order valence-corrected chi connectivity index (χ3v) is 3.48. The first-order valence-corrected chi connectivity index (χ1v) is 7.01. The van der Waals surface area contributed by atoms with Crippen LogP contribution < -0.4 is 14.8 Å². The number of nitrogens with zero attached hydrogens (tertiary/aromatic N) is 3. The molecule has 2 aromatic heterocycles. The molecule has 0 fully saturated rings. The Morgan fingerprint density at radius 2 is 2.09 bits per heavy atom. The number of aromatic amines is 1. The third-order valence-electron chi connectivity index (χ3n) is 3.48. The van der Waals surface area contributed by atoms with Crippen molar-refractivity contribution in [2.24, 2.45) is 0 Å². The number of rotatable bonds is 6. The smallest absolute Gasteiger partial charge is 0.182 e. The van der Waals surface area contributed by atoms with Crippen LogP contribution in [0.4, 0.5) is 5.82 Å². The van der Waals surface area contributed by atoms with Gasteiger partial charge in [-0.25, -0.2) is 15.0 Å². The summed E-state index contributed by atoms with van der Waals surface area (Å²) in [5.74, 6) is 1.82. The number of H-pyrrole nitrogens is 1. The summed E-state index contributed by atoms with van der Waals surface area (Å²) in [6.45, 7) is 0.245. The number of hydrogen-bond acceptors (Lipinski definition) is 7. The Balaban J connectivity index is 1.79. The van der Waals surface area contributed by atoms with E-state index in [0.717, 1.165) is 0 Å². The number of anilines is 1.